The number of esters is 1. The Balaban J connectivity index is 1.36. The van der Waals surface area contributed by atoms with E-state index in [-0.39, 0.29) is 51.8 Å². The lowest BCUT2D eigenvalue weighted by atomic mass is 9.48. The number of Topliss-reactive ketones (excluding diaryl/α,β-unsaturated/α-hetero) is 1. The first-order chi connectivity index (χ1) is 22.0. The van der Waals surface area contributed by atoms with Crippen molar-refractivity contribution in [2.45, 2.75) is 135 Å². The predicted octanol–water partition coefficient (Wildman–Crippen LogP) is 7.45. The number of ether oxygens (including phenoxy) is 1. The van der Waals surface area contributed by atoms with E-state index in [4.69, 9.17) is 4.74 Å². The van der Waals surface area contributed by atoms with Gasteiger partial charge in [0.05, 0.1) is 17.9 Å². The summed E-state index contributed by atoms with van der Waals surface area (Å²) in [6.45, 7) is 20.0. The molecule has 2 bridgehead atoms. The van der Waals surface area contributed by atoms with Crippen LogP contribution >= 0.6 is 11.8 Å². The number of carbonyl (C=O) groups is 3. The number of hydrogen-bond acceptors (Lipinski definition) is 7. The Morgan fingerprint density at radius 3 is 2.53 bits per heavy atom. The molecule has 9 atom stereocenters. The molecule has 5 rings (SSSR count). The van der Waals surface area contributed by atoms with Gasteiger partial charge < -0.3 is 20.5 Å². The van der Waals surface area contributed by atoms with Crippen LogP contribution in [-0.2, 0) is 24.5 Å². The van der Waals surface area contributed by atoms with E-state index >= 15 is 0 Å². The number of anilines is 1. The van der Waals surface area contributed by atoms with Crippen LogP contribution in [0.5, 0.6) is 0 Å². The maximum Gasteiger partial charge on any atom is 0.316 e. The van der Waals surface area contributed by atoms with E-state index in [0.717, 1.165) is 61.2 Å². The van der Waals surface area contributed by atoms with E-state index in [1.165, 1.54) is 11.8 Å². The molecule has 4 unspecified atom stereocenters. The van der Waals surface area contributed by atoms with Crippen molar-refractivity contribution in [1.29, 1.82) is 0 Å². The maximum atomic E-state index is 13.7. The molecule has 0 radical (unpaired) electrons. The summed E-state index contributed by atoms with van der Waals surface area (Å²) < 4.78 is 6.34. The number of aliphatic hydroxyl groups excluding tert-OH is 1. The van der Waals surface area contributed by atoms with Crippen LogP contribution in [0.15, 0.2) is 35.7 Å². The third kappa shape index (κ3) is 7.12. The second-order valence-corrected chi connectivity index (χ2v) is 17.9. The van der Waals surface area contributed by atoms with E-state index in [2.05, 4.69) is 64.8 Å². The first kappa shape index (κ1) is 36.1. The molecule has 1 heterocycles. The first-order valence-corrected chi connectivity index (χ1v) is 18.9. The van der Waals surface area contributed by atoms with E-state index < -0.39 is 17.6 Å². The van der Waals surface area contributed by atoms with Crippen molar-refractivity contribution in [2.75, 3.05) is 17.6 Å². The number of hydrogen-bond donors (Lipinski definition) is 3. The molecule has 1 aromatic rings. The van der Waals surface area contributed by atoms with Gasteiger partial charge in [0, 0.05) is 28.3 Å². The molecule has 4 fully saturated rings. The third-order valence-electron chi connectivity index (χ3n) is 12.7. The van der Waals surface area contributed by atoms with Gasteiger partial charge in [0.15, 0.2) is 0 Å². The Hall–Kier alpha value is -2.16. The lowest BCUT2D eigenvalue weighted by molar-refractivity contribution is -0.154. The summed E-state index contributed by atoms with van der Waals surface area (Å²) in [5.41, 5.74) is 0.425. The fraction of sp³-hybridized carbons (Fsp3) is 0.718. The van der Waals surface area contributed by atoms with Gasteiger partial charge in [-0.15, -0.1) is 18.3 Å². The summed E-state index contributed by atoms with van der Waals surface area (Å²) >= 11 is 1.41. The summed E-state index contributed by atoms with van der Waals surface area (Å²) in [7, 11) is 0. The van der Waals surface area contributed by atoms with Crippen LogP contribution in [0.3, 0.4) is 0 Å². The topological polar surface area (TPSA) is 105 Å². The van der Waals surface area contributed by atoms with Crippen molar-refractivity contribution in [2.24, 2.45) is 34.0 Å². The van der Waals surface area contributed by atoms with Crippen molar-refractivity contribution in [3.8, 4) is 0 Å². The zero-order valence-corrected chi connectivity index (χ0v) is 30.6. The lowest BCUT2D eigenvalue weighted by Gasteiger charge is -2.56. The van der Waals surface area contributed by atoms with Crippen LogP contribution < -0.4 is 10.6 Å². The average molecular weight is 667 g/mol. The number of aliphatic hydroxyl groups is 1. The van der Waals surface area contributed by atoms with Crippen LogP contribution in [0.1, 0.15) is 112 Å². The molecule has 4 aliphatic rings. The van der Waals surface area contributed by atoms with Crippen molar-refractivity contribution >= 4 is 35.1 Å². The predicted molar refractivity (Wildman–Crippen MR) is 189 cm³/mol. The molecule has 0 aromatic heterocycles. The van der Waals surface area contributed by atoms with Crippen LogP contribution in [0.25, 0.3) is 0 Å². The van der Waals surface area contributed by atoms with Crippen molar-refractivity contribution < 1.29 is 24.2 Å². The number of piperidine rings is 1. The van der Waals surface area contributed by atoms with Crippen LogP contribution in [-0.4, -0.2) is 53.3 Å². The summed E-state index contributed by atoms with van der Waals surface area (Å²) in [5.74, 6) is 0.159. The summed E-state index contributed by atoms with van der Waals surface area (Å²) in [5, 5.41) is 18.4. The smallest absolute Gasteiger partial charge is 0.316 e. The maximum absolute atomic E-state index is 13.7. The van der Waals surface area contributed by atoms with Gasteiger partial charge in [-0.2, -0.15) is 0 Å². The Morgan fingerprint density at radius 1 is 1.13 bits per heavy atom. The van der Waals surface area contributed by atoms with Gasteiger partial charge in [0.2, 0.25) is 5.91 Å². The SMILES string of the molecule is C=C[C@]1(C)C[C@@H](OC(=O)CSc2cc(NC(=O)C3CCCCN3)cc(C(C)(C)C)c2)C[C@@]2(C)C3C(=O)CCC3(CC[C@H]2C)[C@@H](C)C1O. The molecule has 1 saturated heterocycles. The molecule has 0 spiro atoms. The lowest BCUT2D eigenvalue weighted by Crippen LogP contribution is -2.54. The highest BCUT2D eigenvalue weighted by Crippen LogP contribution is 2.66. The minimum Gasteiger partial charge on any atom is -0.462 e. The van der Waals surface area contributed by atoms with Crippen molar-refractivity contribution in [3.63, 3.8) is 0 Å². The minimum atomic E-state index is -0.697. The minimum absolute atomic E-state index is 0.0247. The molecular formula is C39H58N2O5S. The monoisotopic (exact) mass is 666 g/mol. The van der Waals surface area contributed by atoms with Gasteiger partial charge in [-0.1, -0.05) is 61.0 Å². The average Bonchev–Trinajstić information content (AvgIpc) is 3.39. The third-order valence-corrected chi connectivity index (χ3v) is 13.7. The second-order valence-electron chi connectivity index (χ2n) is 16.8. The molecule has 1 aromatic carbocycles. The highest BCUT2D eigenvalue weighted by atomic mass is 32.2. The van der Waals surface area contributed by atoms with Crippen LogP contribution in [0.4, 0.5) is 5.69 Å². The van der Waals surface area contributed by atoms with E-state index in [0.29, 0.717) is 31.0 Å². The van der Waals surface area contributed by atoms with E-state index in [1.54, 1.807) is 0 Å². The van der Waals surface area contributed by atoms with Gasteiger partial charge in [-0.3, -0.25) is 14.4 Å². The Labute approximate surface area is 286 Å². The molecule has 8 heteroatoms. The number of amides is 1. The van der Waals surface area contributed by atoms with Crippen LogP contribution in [0.2, 0.25) is 0 Å². The fourth-order valence-corrected chi connectivity index (χ4v) is 10.4. The molecule has 47 heavy (non-hydrogen) atoms. The Morgan fingerprint density at radius 2 is 1.87 bits per heavy atom. The van der Waals surface area contributed by atoms with Gasteiger partial charge in [0.25, 0.3) is 0 Å². The molecule has 3 aliphatic carbocycles. The number of thioether (sulfide) groups is 1. The normalized spacial score (nSPS) is 37.6. The molecular weight excluding hydrogens is 609 g/mol. The number of ketones is 1. The summed E-state index contributed by atoms with van der Waals surface area (Å²) in [6, 6.07) is 5.87. The van der Waals surface area contributed by atoms with E-state index in [9.17, 15) is 19.5 Å². The highest BCUT2D eigenvalue weighted by Gasteiger charge is 2.65. The van der Waals surface area contributed by atoms with Crippen molar-refractivity contribution in [1.82, 2.24) is 5.32 Å². The molecule has 260 valence electrons. The number of carbonyl (C=O) groups excluding carboxylic acids is 3. The van der Waals surface area contributed by atoms with Gasteiger partial charge >= 0.3 is 5.97 Å². The van der Waals surface area contributed by atoms with Gasteiger partial charge in [-0.25, -0.2) is 0 Å². The second kappa shape index (κ2) is 13.6. The van der Waals surface area contributed by atoms with Gasteiger partial charge in [0.1, 0.15) is 11.9 Å². The highest BCUT2D eigenvalue weighted by molar-refractivity contribution is 8.00. The van der Waals surface area contributed by atoms with Gasteiger partial charge in [-0.05, 0) is 103 Å². The first-order valence-electron chi connectivity index (χ1n) is 17.9. The Kier molecular flexibility index (Phi) is 10.5. The fourth-order valence-electron chi connectivity index (χ4n) is 9.60. The molecule has 3 N–H and O–H groups in total. The summed E-state index contributed by atoms with van der Waals surface area (Å²) in [6.07, 6.45) is 8.01. The largest absolute Gasteiger partial charge is 0.462 e. The van der Waals surface area contributed by atoms with Crippen LogP contribution in [0, 0.1) is 34.0 Å². The zero-order valence-electron chi connectivity index (χ0n) is 29.7. The molecule has 1 aliphatic heterocycles. The number of nitrogens with one attached hydrogen (secondary N) is 2. The number of benzene rings is 1. The standard InChI is InChI=1S/C39H58N2O5S/c1-9-37(7)21-28(22-38(8)24(2)13-15-39(25(3)34(37)44)16-14-31(42)33(38)39)46-32(43)23-47-29-19-26(36(4,5)6)18-27(20-29)41-35(45)30-12-10-11-17-40-30/h9,18-20,24-25,28,30,33-34,40,44H,1,10-17,21-23H2,2-8H3,(H,41,45)/t24-,25+,28-,30?,33?,34?,37-,38-,39?/m1/s1. The zero-order chi connectivity index (χ0) is 34.4. The van der Waals surface area contributed by atoms with Crippen molar-refractivity contribution in [3.05, 3.63) is 36.4 Å². The molecule has 7 nitrogen and oxygen atoms in total. The molecule has 3 saturated carbocycles. The summed E-state index contributed by atoms with van der Waals surface area (Å²) in [4.78, 5) is 41.2. The quantitative estimate of drug-likeness (QED) is 0.158. The number of rotatable bonds is 7. The Bertz CT molecular complexity index is 1370. The van der Waals surface area contributed by atoms with E-state index in [1.807, 2.05) is 25.1 Å². The molecule has 1 amide bonds.